The number of halogens is 1. The van der Waals surface area contributed by atoms with Crippen LogP contribution in [0.2, 0.25) is 0 Å². The summed E-state index contributed by atoms with van der Waals surface area (Å²) in [7, 11) is 0. The minimum atomic E-state index is -0.560. The molecule has 1 amide bonds. The van der Waals surface area contributed by atoms with Crippen LogP contribution < -0.4 is 10.1 Å². The summed E-state index contributed by atoms with van der Waals surface area (Å²) >= 11 is 3.44. The summed E-state index contributed by atoms with van der Waals surface area (Å²) in [5.74, 6) is 0.562. The fraction of sp³-hybridized carbons (Fsp3) is 0.235. The van der Waals surface area contributed by atoms with Gasteiger partial charge in [-0.2, -0.15) is 0 Å². The number of nitrogens with one attached hydrogen (secondary N) is 1. The van der Waals surface area contributed by atoms with Gasteiger partial charge < -0.3 is 10.1 Å². The van der Waals surface area contributed by atoms with E-state index in [0.29, 0.717) is 0 Å². The van der Waals surface area contributed by atoms with Crippen molar-refractivity contribution in [3.05, 3.63) is 58.1 Å². The predicted octanol–water partition coefficient (Wildman–Crippen LogP) is 4.47. The zero-order valence-corrected chi connectivity index (χ0v) is 13.9. The number of benzene rings is 2. The summed E-state index contributed by atoms with van der Waals surface area (Å²) in [5.41, 5.74) is 2.85. The summed E-state index contributed by atoms with van der Waals surface area (Å²) in [6, 6.07) is 13.3. The Balaban J connectivity index is 2.02. The predicted molar refractivity (Wildman–Crippen MR) is 88.8 cm³/mol. The summed E-state index contributed by atoms with van der Waals surface area (Å²) in [5, 5.41) is 2.86. The van der Waals surface area contributed by atoms with Crippen LogP contribution in [0.5, 0.6) is 5.75 Å². The molecule has 0 aliphatic carbocycles. The molecule has 1 N–H and O–H groups in total. The van der Waals surface area contributed by atoms with Crippen LogP contribution in [-0.4, -0.2) is 12.0 Å². The lowest BCUT2D eigenvalue weighted by Crippen LogP contribution is -2.30. The molecular weight excluding hydrogens is 330 g/mol. The first-order valence-corrected chi connectivity index (χ1v) is 7.56. The third-order valence-corrected chi connectivity index (χ3v) is 4.08. The molecule has 0 unspecified atom stereocenters. The number of ether oxygens (including phenoxy) is 1. The van der Waals surface area contributed by atoms with E-state index in [1.165, 1.54) is 0 Å². The Kier molecular flexibility index (Phi) is 5.02. The quantitative estimate of drug-likeness (QED) is 0.885. The minimum absolute atomic E-state index is 0.167. The Labute approximate surface area is 133 Å². The zero-order chi connectivity index (χ0) is 15.4. The first kappa shape index (κ1) is 15.6. The van der Waals surface area contributed by atoms with Crippen LogP contribution in [-0.2, 0) is 4.79 Å². The second kappa shape index (κ2) is 6.76. The van der Waals surface area contributed by atoms with E-state index in [0.717, 1.165) is 27.0 Å². The lowest BCUT2D eigenvalue weighted by molar-refractivity contribution is -0.122. The Bertz CT molecular complexity index is 655. The molecule has 0 radical (unpaired) electrons. The van der Waals surface area contributed by atoms with Crippen LogP contribution in [0.3, 0.4) is 0 Å². The molecule has 0 aromatic heterocycles. The molecule has 0 aliphatic rings. The third-order valence-electron chi connectivity index (χ3n) is 3.19. The van der Waals surface area contributed by atoms with Gasteiger partial charge in [0.05, 0.1) is 0 Å². The number of hydrogen-bond donors (Lipinski definition) is 1. The van der Waals surface area contributed by atoms with E-state index in [4.69, 9.17) is 4.74 Å². The highest BCUT2D eigenvalue weighted by atomic mass is 79.9. The Morgan fingerprint density at radius 3 is 2.52 bits per heavy atom. The molecule has 0 spiro atoms. The maximum absolute atomic E-state index is 12.2. The van der Waals surface area contributed by atoms with Crippen molar-refractivity contribution < 1.29 is 9.53 Å². The van der Waals surface area contributed by atoms with Gasteiger partial charge in [-0.05, 0) is 56.2 Å². The number of carbonyl (C=O) groups is 1. The van der Waals surface area contributed by atoms with Gasteiger partial charge in [0.1, 0.15) is 5.75 Å². The van der Waals surface area contributed by atoms with Crippen LogP contribution >= 0.6 is 15.9 Å². The van der Waals surface area contributed by atoms with Crippen molar-refractivity contribution >= 4 is 27.5 Å². The lowest BCUT2D eigenvalue weighted by Gasteiger charge is -2.16. The first-order valence-electron chi connectivity index (χ1n) is 6.76. The van der Waals surface area contributed by atoms with Crippen molar-refractivity contribution in [2.24, 2.45) is 0 Å². The highest BCUT2D eigenvalue weighted by Crippen LogP contribution is 2.21. The van der Waals surface area contributed by atoms with E-state index in [9.17, 15) is 4.79 Å². The van der Waals surface area contributed by atoms with Gasteiger partial charge in [-0.25, -0.2) is 0 Å². The van der Waals surface area contributed by atoms with Crippen LogP contribution in [0.4, 0.5) is 5.69 Å². The van der Waals surface area contributed by atoms with Gasteiger partial charge in [0.25, 0.3) is 5.91 Å². The Morgan fingerprint density at radius 2 is 1.86 bits per heavy atom. The molecule has 0 heterocycles. The number of amides is 1. The molecule has 0 saturated carbocycles. The van der Waals surface area contributed by atoms with E-state index in [2.05, 4.69) is 21.2 Å². The fourth-order valence-electron chi connectivity index (χ4n) is 1.90. The van der Waals surface area contributed by atoms with Crippen molar-refractivity contribution in [2.45, 2.75) is 26.9 Å². The first-order chi connectivity index (χ1) is 9.97. The SMILES string of the molecule is Cc1cc(NC(=O)[C@@H](C)Oc2ccccc2C)ccc1Br. The third kappa shape index (κ3) is 4.08. The maximum atomic E-state index is 12.2. The minimum Gasteiger partial charge on any atom is -0.481 e. The Hall–Kier alpha value is -1.81. The maximum Gasteiger partial charge on any atom is 0.265 e. The topological polar surface area (TPSA) is 38.3 Å². The number of anilines is 1. The van der Waals surface area contributed by atoms with E-state index < -0.39 is 6.10 Å². The van der Waals surface area contributed by atoms with E-state index in [1.54, 1.807) is 6.92 Å². The van der Waals surface area contributed by atoms with Gasteiger partial charge in [0, 0.05) is 10.2 Å². The van der Waals surface area contributed by atoms with Gasteiger partial charge in [-0.1, -0.05) is 34.1 Å². The summed E-state index contributed by atoms with van der Waals surface area (Å²) in [6.07, 6.45) is -0.560. The van der Waals surface area contributed by atoms with Crippen LogP contribution in [0.1, 0.15) is 18.1 Å². The highest BCUT2D eigenvalue weighted by molar-refractivity contribution is 9.10. The zero-order valence-electron chi connectivity index (χ0n) is 12.3. The molecule has 2 rings (SSSR count). The molecule has 21 heavy (non-hydrogen) atoms. The Morgan fingerprint density at radius 1 is 1.14 bits per heavy atom. The summed E-state index contributed by atoms with van der Waals surface area (Å²) in [4.78, 5) is 12.2. The van der Waals surface area contributed by atoms with Crippen molar-refractivity contribution in [3.8, 4) is 5.75 Å². The van der Waals surface area contributed by atoms with Crippen LogP contribution in [0, 0.1) is 13.8 Å². The molecule has 0 saturated heterocycles. The average molecular weight is 348 g/mol. The molecule has 2 aromatic rings. The summed E-state index contributed by atoms with van der Waals surface area (Å²) in [6.45, 7) is 5.68. The fourth-order valence-corrected chi connectivity index (χ4v) is 2.15. The largest absolute Gasteiger partial charge is 0.481 e. The normalized spacial score (nSPS) is 11.8. The van der Waals surface area contributed by atoms with Crippen molar-refractivity contribution in [1.82, 2.24) is 0 Å². The molecule has 0 aliphatic heterocycles. The number of carbonyl (C=O) groups excluding carboxylic acids is 1. The highest BCUT2D eigenvalue weighted by Gasteiger charge is 2.15. The van der Waals surface area contributed by atoms with E-state index in [-0.39, 0.29) is 5.91 Å². The van der Waals surface area contributed by atoms with Crippen molar-refractivity contribution in [1.29, 1.82) is 0 Å². The molecule has 110 valence electrons. The lowest BCUT2D eigenvalue weighted by atomic mass is 10.2. The van der Waals surface area contributed by atoms with Gasteiger partial charge in [0.15, 0.2) is 6.10 Å². The van der Waals surface area contributed by atoms with Crippen molar-refractivity contribution in [2.75, 3.05) is 5.32 Å². The second-order valence-electron chi connectivity index (χ2n) is 4.98. The molecule has 4 heteroatoms. The molecule has 1 atom stereocenters. The summed E-state index contributed by atoms with van der Waals surface area (Å²) < 4.78 is 6.73. The van der Waals surface area contributed by atoms with Gasteiger partial charge in [-0.3, -0.25) is 4.79 Å². The van der Waals surface area contributed by atoms with E-state index in [1.807, 2.05) is 56.3 Å². The van der Waals surface area contributed by atoms with Crippen LogP contribution in [0.25, 0.3) is 0 Å². The number of hydrogen-bond acceptors (Lipinski definition) is 2. The number of rotatable bonds is 4. The average Bonchev–Trinajstić information content (AvgIpc) is 2.45. The molecule has 3 nitrogen and oxygen atoms in total. The number of para-hydroxylation sites is 1. The molecular formula is C17H18BrNO2. The van der Waals surface area contributed by atoms with Gasteiger partial charge >= 0.3 is 0 Å². The molecule has 0 fully saturated rings. The van der Waals surface area contributed by atoms with Gasteiger partial charge in [-0.15, -0.1) is 0 Å². The molecule has 0 bridgehead atoms. The monoisotopic (exact) mass is 347 g/mol. The van der Waals surface area contributed by atoms with E-state index >= 15 is 0 Å². The standard InChI is InChI=1S/C17H18BrNO2/c1-11-6-4-5-7-16(11)21-13(3)17(20)19-14-8-9-15(18)12(2)10-14/h4-10,13H,1-3H3,(H,19,20)/t13-/m1/s1. The van der Waals surface area contributed by atoms with Gasteiger partial charge in [0.2, 0.25) is 0 Å². The van der Waals surface area contributed by atoms with Crippen LogP contribution in [0.15, 0.2) is 46.9 Å². The smallest absolute Gasteiger partial charge is 0.265 e. The van der Waals surface area contributed by atoms with Crippen molar-refractivity contribution in [3.63, 3.8) is 0 Å². The second-order valence-corrected chi connectivity index (χ2v) is 5.83. The number of aryl methyl sites for hydroxylation is 2. The molecule has 2 aromatic carbocycles.